The zero-order valence-corrected chi connectivity index (χ0v) is 12.6. The van der Waals surface area contributed by atoms with Gasteiger partial charge in [-0.15, -0.1) is 0 Å². The minimum absolute atomic E-state index is 0.0528. The molecule has 4 N–H and O–H groups in total. The van der Waals surface area contributed by atoms with Crippen molar-refractivity contribution in [3.8, 4) is 28.6 Å². The standard InChI is InChI=1S/C18H12O7/c19-10-3-1-9(2-4-10)14-8-13(21)17-15(25-14)7-12(20)11(18(17)24)5-6-16(22)23/h1-8,19-20,24H,(H,22,23)/b6-5+. The van der Waals surface area contributed by atoms with Crippen LogP contribution in [0.2, 0.25) is 0 Å². The van der Waals surface area contributed by atoms with Crippen LogP contribution >= 0.6 is 0 Å². The van der Waals surface area contributed by atoms with Gasteiger partial charge in [-0.2, -0.15) is 0 Å². The van der Waals surface area contributed by atoms with Gasteiger partial charge in [-0.25, -0.2) is 4.79 Å². The molecule has 0 radical (unpaired) electrons. The highest BCUT2D eigenvalue weighted by Crippen LogP contribution is 2.36. The fourth-order valence-corrected chi connectivity index (χ4v) is 2.39. The van der Waals surface area contributed by atoms with Gasteiger partial charge in [0.2, 0.25) is 0 Å². The molecular weight excluding hydrogens is 328 g/mol. The van der Waals surface area contributed by atoms with E-state index in [2.05, 4.69) is 0 Å². The van der Waals surface area contributed by atoms with Crippen LogP contribution in [0.5, 0.6) is 17.2 Å². The summed E-state index contributed by atoms with van der Waals surface area (Å²) in [4.78, 5) is 23.0. The Bertz CT molecular complexity index is 1060. The molecule has 0 saturated carbocycles. The molecule has 0 saturated heterocycles. The predicted octanol–water partition coefficient (Wildman–Crippen LogP) is 2.67. The van der Waals surface area contributed by atoms with Gasteiger partial charge < -0.3 is 24.8 Å². The van der Waals surface area contributed by atoms with Crippen LogP contribution < -0.4 is 5.43 Å². The van der Waals surface area contributed by atoms with Gasteiger partial charge in [-0.3, -0.25) is 4.79 Å². The zero-order valence-electron chi connectivity index (χ0n) is 12.6. The van der Waals surface area contributed by atoms with Crippen molar-refractivity contribution in [3.63, 3.8) is 0 Å². The van der Waals surface area contributed by atoms with Crippen LogP contribution in [0.4, 0.5) is 0 Å². The summed E-state index contributed by atoms with van der Waals surface area (Å²) in [6, 6.07) is 8.23. The summed E-state index contributed by atoms with van der Waals surface area (Å²) in [6.07, 6.45) is 1.72. The molecule has 0 spiro atoms. The van der Waals surface area contributed by atoms with Gasteiger partial charge in [0.1, 0.15) is 34.0 Å². The highest BCUT2D eigenvalue weighted by molar-refractivity contribution is 5.93. The van der Waals surface area contributed by atoms with Crippen LogP contribution in [-0.2, 0) is 4.79 Å². The molecule has 0 amide bonds. The van der Waals surface area contributed by atoms with Crippen molar-refractivity contribution in [2.24, 2.45) is 0 Å². The van der Waals surface area contributed by atoms with E-state index in [1.54, 1.807) is 12.1 Å². The molecule has 126 valence electrons. The molecule has 1 heterocycles. The Morgan fingerprint density at radius 2 is 1.72 bits per heavy atom. The number of benzene rings is 2. The van der Waals surface area contributed by atoms with Crippen molar-refractivity contribution in [1.82, 2.24) is 0 Å². The summed E-state index contributed by atoms with van der Waals surface area (Å²) in [5.74, 6) is -2.04. The Morgan fingerprint density at radius 3 is 2.36 bits per heavy atom. The molecule has 7 nitrogen and oxygen atoms in total. The number of phenols is 3. The van der Waals surface area contributed by atoms with E-state index in [9.17, 15) is 24.9 Å². The first-order chi connectivity index (χ1) is 11.9. The molecule has 0 fully saturated rings. The van der Waals surface area contributed by atoms with Crippen LogP contribution in [0.3, 0.4) is 0 Å². The monoisotopic (exact) mass is 340 g/mol. The van der Waals surface area contributed by atoms with E-state index in [4.69, 9.17) is 9.52 Å². The third-order valence-electron chi connectivity index (χ3n) is 3.55. The van der Waals surface area contributed by atoms with Gasteiger partial charge in [0.05, 0.1) is 5.56 Å². The maximum atomic E-state index is 12.4. The Balaban J connectivity index is 2.23. The average molecular weight is 340 g/mol. The van der Waals surface area contributed by atoms with E-state index < -0.39 is 22.9 Å². The molecule has 0 bridgehead atoms. The van der Waals surface area contributed by atoms with Crippen LogP contribution in [0.25, 0.3) is 28.4 Å². The normalized spacial score (nSPS) is 11.2. The van der Waals surface area contributed by atoms with Gasteiger partial charge in [0, 0.05) is 23.8 Å². The van der Waals surface area contributed by atoms with Crippen molar-refractivity contribution in [2.75, 3.05) is 0 Å². The average Bonchev–Trinajstić information content (AvgIpc) is 2.54. The first-order valence-corrected chi connectivity index (χ1v) is 7.10. The van der Waals surface area contributed by atoms with E-state index in [1.165, 1.54) is 12.1 Å². The van der Waals surface area contributed by atoms with Crippen LogP contribution in [0.15, 0.2) is 51.7 Å². The molecule has 2 aromatic carbocycles. The van der Waals surface area contributed by atoms with Gasteiger partial charge in [-0.05, 0) is 30.3 Å². The second-order valence-electron chi connectivity index (χ2n) is 5.22. The van der Waals surface area contributed by atoms with Crippen molar-refractivity contribution >= 4 is 23.0 Å². The number of phenolic OH excluding ortho intramolecular Hbond substituents is 3. The molecule has 0 atom stereocenters. The van der Waals surface area contributed by atoms with E-state index in [0.29, 0.717) is 5.56 Å². The lowest BCUT2D eigenvalue weighted by molar-refractivity contribution is -0.131. The summed E-state index contributed by atoms with van der Waals surface area (Å²) < 4.78 is 5.57. The molecule has 3 rings (SSSR count). The lowest BCUT2D eigenvalue weighted by atomic mass is 10.1. The van der Waals surface area contributed by atoms with Gasteiger partial charge in [0.15, 0.2) is 5.43 Å². The number of carboxylic acid groups (broad SMARTS) is 1. The minimum atomic E-state index is -1.27. The van der Waals surface area contributed by atoms with Gasteiger partial charge >= 0.3 is 5.97 Å². The Hall–Kier alpha value is -3.74. The molecule has 0 aliphatic rings. The minimum Gasteiger partial charge on any atom is -0.508 e. The van der Waals surface area contributed by atoms with Crippen molar-refractivity contribution < 1.29 is 29.6 Å². The van der Waals surface area contributed by atoms with E-state index >= 15 is 0 Å². The maximum Gasteiger partial charge on any atom is 0.328 e. The first-order valence-electron chi connectivity index (χ1n) is 7.10. The second-order valence-corrected chi connectivity index (χ2v) is 5.22. The lowest BCUT2D eigenvalue weighted by Gasteiger charge is -2.08. The van der Waals surface area contributed by atoms with Crippen LogP contribution in [0, 0.1) is 0 Å². The highest BCUT2D eigenvalue weighted by atomic mass is 16.4. The Kier molecular flexibility index (Phi) is 3.90. The summed E-state index contributed by atoms with van der Waals surface area (Å²) in [5.41, 5.74) is -0.296. The quantitative estimate of drug-likeness (QED) is 0.540. The smallest absolute Gasteiger partial charge is 0.328 e. The van der Waals surface area contributed by atoms with Crippen LogP contribution in [0.1, 0.15) is 5.56 Å². The van der Waals surface area contributed by atoms with E-state index in [0.717, 1.165) is 24.3 Å². The summed E-state index contributed by atoms with van der Waals surface area (Å²) in [6.45, 7) is 0. The van der Waals surface area contributed by atoms with E-state index in [1.807, 2.05) is 0 Å². The SMILES string of the molecule is O=C(O)/C=C/c1c(O)cc2oc(-c3ccc(O)cc3)cc(=O)c2c1O. The zero-order chi connectivity index (χ0) is 18.1. The van der Waals surface area contributed by atoms with E-state index in [-0.39, 0.29) is 28.0 Å². The number of rotatable bonds is 3. The number of aromatic hydroxyl groups is 3. The summed E-state index contributed by atoms with van der Waals surface area (Å²) in [5, 5.41) is 38.0. The number of hydrogen-bond acceptors (Lipinski definition) is 6. The maximum absolute atomic E-state index is 12.4. The first kappa shape index (κ1) is 16.1. The Labute approximate surface area is 140 Å². The van der Waals surface area contributed by atoms with Crippen LogP contribution in [-0.4, -0.2) is 26.4 Å². The Morgan fingerprint density at radius 1 is 1.04 bits per heavy atom. The number of carbonyl (C=O) groups is 1. The molecule has 25 heavy (non-hydrogen) atoms. The third-order valence-corrected chi connectivity index (χ3v) is 3.55. The van der Waals surface area contributed by atoms with Crippen molar-refractivity contribution in [2.45, 2.75) is 0 Å². The largest absolute Gasteiger partial charge is 0.508 e. The molecule has 0 aliphatic heterocycles. The predicted molar refractivity (Wildman–Crippen MR) is 89.6 cm³/mol. The summed E-state index contributed by atoms with van der Waals surface area (Å²) in [7, 11) is 0. The fraction of sp³-hybridized carbons (Fsp3) is 0. The molecule has 3 aromatic rings. The number of fused-ring (bicyclic) bond motifs is 1. The number of carboxylic acids is 1. The summed E-state index contributed by atoms with van der Waals surface area (Å²) >= 11 is 0. The second kappa shape index (κ2) is 6.04. The van der Waals surface area contributed by atoms with Crippen molar-refractivity contribution in [1.29, 1.82) is 0 Å². The molecular formula is C18H12O7. The number of aliphatic carboxylic acids is 1. The molecule has 7 heteroatoms. The lowest BCUT2D eigenvalue weighted by Crippen LogP contribution is -2.01. The molecule has 0 unspecified atom stereocenters. The third kappa shape index (κ3) is 3.02. The highest BCUT2D eigenvalue weighted by Gasteiger charge is 2.16. The molecule has 0 aliphatic carbocycles. The van der Waals surface area contributed by atoms with Crippen molar-refractivity contribution in [3.05, 3.63) is 58.3 Å². The number of hydrogen-bond donors (Lipinski definition) is 4. The topological polar surface area (TPSA) is 128 Å². The fourth-order valence-electron chi connectivity index (χ4n) is 2.39. The van der Waals surface area contributed by atoms with Gasteiger partial charge in [0.25, 0.3) is 0 Å². The van der Waals surface area contributed by atoms with Gasteiger partial charge in [-0.1, -0.05) is 0 Å². The molecule has 1 aromatic heterocycles.